The Morgan fingerprint density at radius 1 is 1.12 bits per heavy atom. The fraction of sp³-hybridized carbons (Fsp3) is 0.680. The Bertz CT molecular complexity index is 796. The summed E-state index contributed by atoms with van der Waals surface area (Å²) >= 11 is 0. The van der Waals surface area contributed by atoms with Crippen molar-refractivity contribution in [2.24, 2.45) is 17.8 Å². The first kappa shape index (κ1) is 26.0. The minimum atomic E-state index is -1.03. The Morgan fingerprint density at radius 2 is 1.78 bits per heavy atom. The van der Waals surface area contributed by atoms with E-state index in [1.165, 1.54) is 5.56 Å². The molecule has 0 unspecified atom stereocenters. The molecule has 0 saturated heterocycles. The van der Waals surface area contributed by atoms with Crippen LogP contribution in [-0.4, -0.2) is 45.1 Å². The lowest BCUT2D eigenvalue weighted by molar-refractivity contribution is -0.142. The van der Waals surface area contributed by atoms with Crippen LogP contribution in [0, 0.1) is 17.8 Å². The number of aliphatic hydroxyl groups excluding tert-OH is 1. The fourth-order valence-corrected chi connectivity index (χ4v) is 4.11. The number of carbonyl (C=O) groups is 2. The highest BCUT2D eigenvalue weighted by atomic mass is 16.6. The number of rotatable bonds is 10. The molecular formula is C25H39NO6. The molecule has 0 aromatic heterocycles. The van der Waals surface area contributed by atoms with Gasteiger partial charge in [0.25, 0.3) is 0 Å². The van der Waals surface area contributed by atoms with E-state index in [1.807, 2.05) is 6.07 Å². The summed E-state index contributed by atoms with van der Waals surface area (Å²) in [6.07, 6.45) is 1.39. The van der Waals surface area contributed by atoms with E-state index in [1.54, 1.807) is 27.7 Å². The zero-order valence-electron chi connectivity index (χ0n) is 20.1. The van der Waals surface area contributed by atoms with E-state index in [-0.39, 0.29) is 18.3 Å². The summed E-state index contributed by atoms with van der Waals surface area (Å²) in [4.78, 5) is 23.7. The van der Waals surface area contributed by atoms with Gasteiger partial charge < -0.3 is 25.4 Å². The number of nitrogens with one attached hydrogen (secondary N) is 1. The number of carboxylic acids is 1. The van der Waals surface area contributed by atoms with Crippen LogP contribution in [0.4, 0.5) is 4.79 Å². The maximum absolute atomic E-state index is 12.4. The van der Waals surface area contributed by atoms with Crippen molar-refractivity contribution < 1.29 is 29.6 Å². The summed E-state index contributed by atoms with van der Waals surface area (Å²) in [6.45, 7) is 11.0. The van der Waals surface area contributed by atoms with E-state index in [9.17, 15) is 24.9 Å². The van der Waals surface area contributed by atoms with E-state index < -0.39 is 35.7 Å². The van der Waals surface area contributed by atoms with Crippen molar-refractivity contribution in [3.8, 4) is 5.75 Å². The molecule has 0 fully saturated rings. The normalized spacial score (nSPS) is 17.0. The minimum absolute atomic E-state index is 0.0280. The number of aryl methyl sites for hydroxylation is 1. The van der Waals surface area contributed by atoms with Gasteiger partial charge in [-0.15, -0.1) is 0 Å². The van der Waals surface area contributed by atoms with Crippen molar-refractivity contribution in [3.05, 3.63) is 28.8 Å². The molecule has 2 rings (SSSR count). The molecule has 0 heterocycles. The van der Waals surface area contributed by atoms with Crippen LogP contribution in [0.1, 0.15) is 71.1 Å². The molecule has 1 aromatic carbocycles. The van der Waals surface area contributed by atoms with Crippen molar-refractivity contribution in [1.29, 1.82) is 0 Å². The third-order valence-electron chi connectivity index (χ3n) is 6.20. The number of carboxylic acid groups (broad SMARTS) is 1. The second-order valence-corrected chi connectivity index (χ2v) is 10.5. The number of phenols is 1. The summed E-state index contributed by atoms with van der Waals surface area (Å²) < 4.78 is 5.37. The van der Waals surface area contributed by atoms with Crippen molar-refractivity contribution in [1.82, 2.24) is 5.32 Å². The van der Waals surface area contributed by atoms with Gasteiger partial charge in [-0.3, -0.25) is 4.79 Å². The minimum Gasteiger partial charge on any atom is -0.508 e. The van der Waals surface area contributed by atoms with Gasteiger partial charge in [-0.2, -0.15) is 0 Å². The number of benzene rings is 1. The molecule has 180 valence electrons. The fourth-order valence-electron chi connectivity index (χ4n) is 4.11. The highest BCUT2D eigenvalue weighted by Crippen LogP contribution is 2.34. The van der Waals surface area contributed by atoms with Gasteiger partial charge in [0.05, 0.1) is 18.1 Å². The van der Waals surface area contributed by atoms with Crippen molar-refractivity contribution >= 4 is 12.1 Å². The molecule has 7 nitrogen and oxygen atoms in total. The first-order valence-electron chi connectivity index (χ1n) is 11.5. The molecule has 0 saturated carbocycles. The summed E-state index contributed by atoms with van der Waals surface area (Å²) in [5.74, 6) is -1.05. The number of phenolic OH excluding ortho intramolecular Hbond substituents is 1. The van der Waals surface area contributed by atoms with Crippen molar-refractivity contribution in [2.45, 2.75) is 91.4 Å². The monoisotopic (exact) mass is 449 g/mol. The number of amides is 1. The number of carbonyl (C=O) groups excluding carboxylic acids is 1. The van der Waals surface area contributed by atoms with Gasteiger partial charge in [0.1, 0.15) is 11.4 Å². The number of ether oxygens (including phenoxy) is 1. The molecule has 1 aromatic rings. The third-order valence-corrected chi connectivity index (χ3v) is 6.20. The molecule has 0 radical (unpaired) electrons. The number of aromatic hydroxyl groups is 1. The number of fused-ring (bicyclic) bond motifs is 1. The van der Waals surface area contributed by atoms with E-state index in [0.29, 0.717) is 18.6 Å². The van der Waals surface area contributed by atoms with Crippen LogP contribution >= 0.6 is 0 Å². The molecule has 1 aliphatic rings. The Balaban J connectivity index is 2.18. The van der Waals surface area contributed by atoms with Crippen molar-refractivity contribution in [3.63, 3.8) is 0 Å². The van der Waals surface area contributed by atoms with Crippen LogP contribution in [0.5, 0.6) is 5.75 Å². The van der Waals surface area contributed by atoms with E-state index in [0.717, 1.165) is 24.0 Å². The second kappa shape index (κ2) is 10.6. The largest absolute Gasteiger partial charge is 0.508 e. The van der Waals surface area contributed by atoms with Gasteiger partial charge in [0.2, 0.25) is 0 Å². The molecule has 4 atom stereocenters. The van der Waals surface area contributed by atoms with Gasteiger partial charge in [-0.25, -0.2) is 4.79 Å². The quantitative estimate of drug-likeness (QED) is 0.428. The zero-order valence-corrected chi connectivity index (χ0v) is 20.1. The molecule has 0 spiro atoms. The lowest BCUT2D eigenvalue weighted by atomic mass is 9.79. The number of aliphatic hydroxyl groups is 1. The molecule has 0 aliphatic heterocycles. The predicted molar refractivity (Wildman–Crippen MR) is 123 cm³/mol. The van der Waals surface area contributed by atoms with Crippen LogP contribution in [0.3, 0.4) is 0 Å². The maximum atomic E-state index is 12.4. The van der Waals surface area contributed by atoms with Crippen LogP contribution in [0.2, 0.25) is 0 Å². The zero-order chi connectivity index (χ0) is 24.2. The third kappa shape index (κ3) is 7.40. The smallest absolute Gasteiger partial charge is 0.407 e. The van der Waals surface area contributed by atoms with Crippen LogP contribution in [0.15, 0.2) is 12.1 Å². The molecule has 0 bridgehead atoms. The van der Waals surface area contributed by atoms with Gasteiger partial charge in [-0.05, 0) is 87.5 Å². The number of hydrogen-bond acceptors (Lipinski definition) is 5. The Morgan fingerprint density at radius 3 is 2.25 bits per heavy atom. The Labute approximate surface area is 191 Å². The van der Waals surface area contributed by atoms with Gasteiger partial charge >= 0.3 is 12.1 Å². The lowest BCUT2D eigenvalue weighted by Crippen LogP contribution is -2.47. The highest BCUT2D eigenvalue weighted by molar-refractivity contribution is 5.70. The molecule has 32 heavy (non-hydrogen) atoms. The van der Waals surface area contributed by atoms with E-state index >= 15 is 0 Å². The first-order chi connectivity index (χ1) is 14.8. The first-order valence-corrected chi connectivity index (χ1v) is 11.5. The summed E-state index contributed by atoms with van der Waals surface area (Å²) in [5.41, 5.74) is 2.55. The second-order valence-electron chi connectivity index (χ2n) is 10.5. The standard InChI is InChI=1S/C25H39NO6/c1-14(2)18(11-16-10-17-7-8-19(17)21(27)12-16)13-20(22(28)9-15(3)23(29)30)26-24(31)32-25(4,5)6/h10,12,14-15,18,20,22,27-28H,7-9,11,13H2,1-6H3,(H,26,31)(H,29,30)/t15-,18+,20+,22+/m1/s1. The lowest BCUT2D eigenvalue weighted by Gasteiger charge is -2.32. The number of aliphatic carboxylic acids is 1. The summed E-state index contributed by atoms with van der Waals surface area (Å²) in [5, 5.41) is 33.1. The van der Waals surface area contributed by atoms with E-state index in [2.05, 4.69) is 25.2 Å². The van der Waals surface area contributed by atoms with Crippen molar-refractivity contribution in [2.75, 3.05) is 0 Å². The number of alkyl carbamates (subject to hydrolysis) is 1. The molecule has 7 heteroatoms. The molecule has 4 N–H and O–H groups in total. The summed E-state index contributed by atoms with van der Waals surface area (Å²) in [6, 6.07) is 3.29. The van der Waals surface area contributed by atoms with Gasteiger partial charge in [0.15, 0.2) is 0 Å². The topological polar surface area (TPSA) is 116 Å². The van der Waals surface area contributed by atoms with Gasteiger partial charge in [0, 0.05) is 0 Å². The molecular weight excluding hydrogens is 410 g/mol. The highest BCUT2D eigenvalue weighted by Gasteiger charge is 2.31. The number of hydrogen-bond donors (Lipinski definition) is 4. The van der Waals surface area contributed by atoms with Crippen LogP contribution < -0.4 is 5.32 Å². The Hall–Kier alpha value is -2.28. The van der Waals surface area contributed by atoms with Gasteiger partial charge in [-0.1, -0.05) is 26.8 Å². The summed E-state index contributed by atoms with van der Waals surface area (Å²) in [7, 11) is 0. The van der Waals surface area contributed by atoms with Crippen LogP contribution in [0.25, 0.3) is 0 Å². The maximum Gasteiger partial charge on any atom is 0.407 e. The molecule has 1 amide bonds. The SMILES string of the molecule is CC(C)[C@@H](Cc1cc(O)c2c(c1)CC2)C[C@H](NC(=O)OC(C)(C)C)[C@@H](O)C[C@@H](C)C(=O)O. The Kier molecular flexibility index (Phi) is 8.57. The predicted octanol–water partition coefficient (Wildman–Crippen LogP) is 4.06. The average Bonchev–Trinajstić information content (AvgIpc) is 2.60. The van der Waals surface area contributed by atoms with Crippen LogP contribution in [-0.2, 0) is 28.8 Å². The average molecular weight is 450 g/mol. The molecule has 1 aliphatic carbocycles. The van der Waals surface area contributed by atoms with E-state index in [4.69, 9.17) is 4.74 Å².